The number of aryl methyl sites for hydroxylation is 1. The van der Waals surface area contributed by atoms with E-state index in [1.807, 2.05) is 60.7 Å². The highest BCUT2D eigenvalue weighted by atomic mass is 16.5. The highest BCUT2D eigenvalue weighted by molar-refractivity contribution is 5.84. The molecule has 0 radical (unpaired) electrons. The lowest BCUT2D eigenvalue weighted by Crippen LogP contribution is -2.41. The number of nitrogens with one attached hydrogen (secondary N) is 2. The normalized spacial score (nSPS) is 11.3. The minimum Gasteiger partial charge on any atom is -0.467 e. The van der Waals surface area contributed by atoms with Crippen molar-refractivity contribution in [2.45, 2.75) is 57.6 Å². The fourth-order valence-corrected chi connectivity index (χ4v) is 3.36. The number of carbonyl (C=O) groups excluding carboxylic acids is 3. The van der Waals surface area contributed by atoms with Gasteiger partial charge in [-0.15, -0.1) is 0 Å². The lowest BCUT2D eigenvalue weighted by atomic mass is 10.0. The Morgan fingerprint density at radius 2 is 1.52 bits per heavy atom. The first kappa shape index (κ1) is 25.9. The van der Waals surface area contributed by atoms with Crippen LogP contribution in [0.4, 0.5) is 4.79 Å². The second-order valence-electron chi connectivity index (χ2n) is 7.82. The number of amides is 2. The van der Waals surface area contributed by atoms with Gasteiger partial charge in [0.1, 0.15) is 12.6 Å². The molecule has 0 saturated heterocycles. The molecule has 0 aliphatic rings. The van der Waals surface area contributed by atoms with Gasteiger partial charge in [-0.1, -0.05) is 67.1 Å². The number of benzene rings is 2. The predicted molar refractivity (Wildman–Crippen MR) is 126 cm³/mol. The zero-order chi connectivity index (χ0) is 23.7. The van der Waals surface area contributed by atoms with Gasteiger partial charge in [0.2, 0.25) is 5.91 Å². The second kappa shape index (κ2) is 15.5. The first-order valence-corrected chi connectivity index (χ1v) is 11.4. The van der Waals surface area contributed by atoms with Crippen LogP contribution in [0.3, 0.4) is 0 Å². The van der Waals surface area contributed by atoms with E-state index in [0.717, 1.165) is 31.2 Å². The molecule has 178 valence electrons. The van der Waals surface area contributed by atoms with E-state index in [2.05, 4.69) is 10.6 Å². The lowest BCUT2D eigenvalue weighted by molar-refractivity contribution is -0.145. The fraction of sp³-hybridized carbons (Fsp3) is 0.423. The van der Waals surface area contributed by atoms with Crippen molar-refractivity contribution < 1.29 is 23.9 Å². The average molecular weight is 455 g/mol. The van der Waals surface area contributed by atoms with Gasteiger partial charge in [-0.05, 0) is 43.2 Å². The molecule has 1 atom stereocenters. The zero-order valence-electron chi connectivity index (χ0n) is 19.3. The molecular formula is C26H34N2O5. The van der Waals surface area contributed by atoms with E-state index < -0.39 is 18.1 Å². The molecule has 0 aromatic heterocycles. The molecule has 2 N–H and O–H groups in total. The third-order valence-electron chi connectivity index (χ3n) is 5.18. The fourth-order valence-electron chi connectivity index (χ4n) is 3.36. The minimum atomic E-state index is -0.632. The first-order valence-electron chi connectivity index (χ1n) is 11.4. The Morgan fingerprint density at radius 3 is 2.18 bits per heavy atom. The van der Waals surface area contributed by atoms with Crippen LogP contribution in [0.1, 0.15) is 49.7 Å². The van der Waals surface area contributed by atoms with Crippen LogP contribution in [-0.4, -0.2) is 37.7 Å². The maximum absolute atomic E-state index is 12.3. The number of methoxy groups -OCH3 is 1. The predicted octanol–water partition coefficient (Wildman–Crippen LogP) is 4.15. The first-order chi connectivity index (χ1) is 16.1. The molecule has 0 aliphatic heterocycles. The van der Waals surface area contributed by atoms with Gasteiger partial charge in [-0.2, -0.15) is 0 Å². The Bertz CT molecular complexity index is 842. The number of hydrogen-bond acceptors (Lipinski definition) is 5. The van der Waals surface area contributed by atoms with E-state index >= 15 is 0 Å². The molecule has 7 heteroatoms. The molecule has 33 heavy (non-hydrogen) atoms. The smallest absolute Gasteiger partial charge is 0.407 e. The summed E-state index contributed by atoms with van der Waals surface area (Å²) >= 11 is 0. The summed E-state index contributed by atoms with van der Waals surface area (Å²) in [5, 5.41) is 5.50. The van der Waals surface area contributed by atoms with Crippen LogP contribution < -0.4 is 10.6 Å². The number of alkyl carbamates (subject to hydrolysis) is 1. The number of ether oxygens (including phenoxy) is 2. The molecule has 0 spiro atoms. The van der Waals surface area contributed by atoms with Gasteiger partial charge >= 0.3 is 12.1 Å². The summed E-state index contributed by atoms with van der Waals surface area (Å²) in [6.45, 7) is 0.721. The standard InChI is InChI=1S/C26H34N2O5/c1-32-25(30)23(17-11-16-21-12-5-2-6-13-21)28-24(29)18-9-4-10-19-27-26(31)33-20-22-14-7-3-8-15-22/h2-3,5-8,12-15,23H,4,9-11,16-20H2,1H3,(H,27,31)(H,28,29)/t23-/m0/s1. The number of unbranched alkanes of at least 4 members (excludes halogenated alkanes) is 2. The van der Waals surface area contributed by atoms with E-state index in [4.69, 9.17) is 9.47 Å². The number of esters is 1. The summed E-state index contributed by atoms with van der Waals surface area (Å²) in [6, 6.07) is 18.9. The molecule has 0 saturated carbocycles. The monoisotopic (exact) mass is 454 g/mol. The van der Waals surface area contributed by atoms with Crippen LogP contribution in [0.25, 0.3) is 0 Å². The molecule has 0 unspecified atom stereocenters. The minimum absolute atomic E-state index is 0.166. The largest absolute Gasteiger partial charge is 0.467 e. The van der Waals surface area contributed by atoms with E-state index in [0.29, 0.717) is 25.8 Å². The van der Waals surface area contributed by atoms with Crippen LogP contribution in [0.5, 0.6) is 0 Å². The van der Waals surface area contributed by atoms with Crippen LogP contribution in [0, 0.1) is 0 Å². The Hall–Kier alpha value is -3.35. The van der Waals surface area contributed by atoms with Gasteiger partial charge in [0.15, 0.2) is 0 Å². The van der Waals surface area contributed by atoms with Gasteiger partial charge in [-0.3, -0.25) is 4.79 Å². The Kier molecular flexibility index (Phi) is 12.1. The molecule has 2 aromatic carbocycles. The molecule has 0 bridgehead atoms. The van der Waals surface area contributed by atoms with Crippen molar-refractivity contribution >= 4 is 18.0 Å². The van der Waals surface area contributed by atoms with Crippen molar-refractivity contribution in [1.82, 2.24) is 10.6 Å². The molecule has 0 aliphatic carbocycles. The highest BCUT2D eigenvalue weighted by Crippen LogP contribution is 2.09. The van der Waals surface area contributed by atoms with Crippen molar-refractivity contribution in [2.24, 2.45) is 0 Å². The number of carbonyl (C=O) groups is 3. The molecule has 2 aromatic rings. The summed E-state index contributed by atoms with van der Waals surface area (Å²) in [6.07, 6.45) is 4.21. The van der Waals surface area contributed by atoms with Gasteiger partial charge in [0, 0.05) is 13.0 Å². The summed E-state index contributed by atoms with van der Waals surface area (Å²) in [7, 11) is 1.33. The lowest BCUT2D eigenvalue weighted by Gasteiger charge is -2.16. The van der Waals surface area contributed by atoms with Gasteiger partial charge in [0.25, 0.3) is 0 Å². The summed E-state index contributed by atoms with van der Waals surface area (Å²) in [5.74, 6) is -0.588. The van der Waals surface area contributed by atoms with Crippen LogP contribution in [0.15, 0.2) is 60.7 Å². The van der Waals surface area contributed by atoms with Crippen molar-refractivity contribution in [2.75, 3.05) is 13.7 Å². The summed E-state index contributed by atoms with van der Waals surface area (Å²) < 4.78 is 9.99. The van der Waals surface area contributed by atoms with E-state index in [1.54, 1.807) is 0 Å². The maximum atomic E-state index is 12.3. The van der Waals surface area contributed by atoms with E-state index in [1.165, 1.54) is 12.7 Å². The molecule has 0 fully saturated rings. The SMILES string of the molecule is COC(=O)[C@H](CCCc1ccccc1)NC(=O)CCCCCNC(=O)OCc1ccccc1. The van der Waals surface area contributed by atoms with Crippen LogP contribution in [0.2, 0.25) is 0 Å². The van der Waals surface area contributed by atoms with E-state index in [-0.39, 0.29) is 12.5 Å². The van der Waals surface area contributed by atoms with Crippen LogP contribution >= 0.6 is 0 Å². The van der Waals surface area contributed by atoms with Gasteiger partial charge in [0.05, 0.1) is 7.11 Å². The Labute approximate surface area is 195 Å². The summed E-state index contributed by atoms with van der Waals surface area (Å²) in [4.78, 5) is 36.0. The molecule has 2 amide bonds. The molecule has 7 nitrogen and oxygen atoms in total. The quantitative estimate of drug-likeness (QED) is 0.330. The van der Waals surface area contributed by atoms with Gasteiger partial charge < -0.3 is 20.1 Å². The topological polar surface area (TPSA) is 93.7 Å². The number of hydrogen-bond donors (Lipinski definition) is 2. The van der Waals surface area contributed by atoms with Crippen molar-refractivity contribution in [3.63, 3.8) is 0 Å². The van der Waals surface area contributed by atoms with Crippen molar-refractivity contribution in [3.05, 3.63) is 71.8 Å². The highest BCUT2D eigenvalue weighted by Gasteiger charge is 2.20. The Balaban J connectivity index is 1.56. The van der Waals surface area contributed by atoms with E-state index in [9.17, 15) is 14.4 Å². The molecule has 2 rings (SSSR count). The third kappa shape index (κ3) is 11.2. The maximum Gasteiger partial charge on any atom is 0.407 e. The molecule has 0 heterocycles. The zero-order valence-corrected chi connectivity index (χ0v) is 19.3. The van der Waals surface area contributed by atoms with Crippen LogP contribution in [-0.2, 0) is 32.1 Å². The second-order valence-corrected chi connectivity index (χ2v) is 7.82. The number of rotatable bonds is 14. The Morgan fingerprint density at radius 1 is 0.848 bits per heavy atom. The average Bonchev–Trinajstić information content (AvgIpc) is 2.85. The van der Waals surface area contributed by atoms with Crippen molar-refractivity contribution in [1.29, 1.82) is 0 Å². The third-order valence-corrected chi connectivity index (χ3v) is 5.18. The van der Waals surface area contributed by atoms with Crippen molar-refractivity contribution in [3.8, 4) is 0 Å². The molecular weight excluding hydrogens is 420 g/mol. The van der Waals surface area contributed by atoms with Gasteiger partial charge in [-0.25, -0.2) is 9.59 Å². The summed E-state index contributed by atoms with van der Waals surface area (Å²) in [5.41, 5.74) is 2.13.